The summed E-state index contributed by atoms with van der Waals surface area (Å²) in [5.41, 5.74) is 0.407. The molecule has 2 aromatic rings. The lowest BCUT2D eigenvalue weighted by atomic mass is 9.91. The van der Waals surface area contributed by atoms with Crippen LogP contribution in [0.2, 0.25) is 0 Å². The Morgan fingerprint density at radius 2 is 1.87 bits per heavy atom. The minimum atomic E-state index is -3.66. The van der Waals surface area contributed by atoms with Gasteiger partial charge in [0.2, 0.25) is 10.0 Å². The van der Waals surface area contributed by atoms with Crippen LogP contribution in [0.1, 0.15) is 55.5 Å². The summed E-state index contributed by atoms with van der Waals surface area (Å²) in [7, 11) is -2.32. The summed E-state index contributed by atoms with van der Waals surface area (Å²) in [6, 6.07) is 4.78. The SMILES string of the molecule is CC[C@H](C)Nc1cc(C(=O)N[C@@H](Cc2cc(F)cc(F)c2)[C@H](O)[C@H]2CCCCN2)cc(N(C)S(C)(=O)=O)n1.Cl. The summed E-state index contributed by atoms with van der Waals surface area (Å²) in [4.78, 5) is 17.8. The molecule has 1 aliphatic heterocycles. The van der Waals surface area contributed by atoms with Crippen LogP contribution in [0.4, 0.5) is 20.4 Å². The number of carbonyl (C=O) groups is 1. The van der Waals surface area contributed by atoms with E-state index in [0.717, 1.165) is 35.9 Å². The lowest BCUT2D eigenvalue weighted by Crippen LogP contribution is -2.55. The smallest absolute Gasteiger partial charge is 0.251 e. The Morgan fingerprint density at radius 1 is 1.21 bits per heavy atom. The molecule has 1 aromatic heterocycles. The van der Waals surface area contributed by atoms with Gasteiger partial charge >= 0.3 is 0 Å². The number of hydrogen-bond acceptors (Lipinski definition) is 7. The van der Waals surface area contributed by atoms with E-state index in [9.17, 15) is 27.1 Å². The Labute approximate surface area is 235 Å². The number of hydrogen-bond donors (Lipinski definition) is 4. The maximum absolute atomic E-state index is 13.9. The topological polar surface area (TPSA) is 124 Å². The molecule has 0 spiro atoms. The van der Waals surface area contributed by atoms with Gasteiger partial charge in [0, 0.05) is 30.8 Å². The average Bonchev–Trinajstić information content (AvgIpc) is 2.86. The lowest BCUT2D eigenvalue weighted by Gasteiger charge is -2.34. The largest absolute Gasteiger partial charge is 0.389 e. The van der Waals surface area contributed by atoms with Crippen molar-refractivity contribution < 1.29 is 27.1 Å². The van der Waals surface area contributed by atoms with Crippen molar-refractivity contribution in [1.29, 1.82) is 0 Å². The van der Waals surface area contributed by atoms with E-state index in [-0.39, 0.29) is 47.9 Å². The van der Waals surface area contributed by atoms with Crippen LogP contribution in [0.5, 0.6) is 0 Å². The monoisotopic (exact) mass is 589 g/mol. The summed E-state index contributed by atoms with van der Waals surface area (Å²) in [6.45, 7) is 4.61. The van der Waals surface area contributed by atoms with E-state index in [1.165, 1.54) is 31.3 Å². The second-order valence-corrected chi connectivity index (χ2v) is 11.9. The van der Waals surface area contributed by atoms with Gasteiger partial charge in [0.05, 0.1) is 18.4 Å². The molecule has 4 atom stereocenters. The van der Waals surface area contributed by atoms with Crippen LogP contribution in [0.3, 0.4) is 0 Å². The highest BCUT2D eigenvalue weighted by atomic mass is 35.5. The number of aromatic nitrogens is 1. The molecule has 3 rings (SSSR count). The Hall–Kier alpha value is -2.54. The Balaban J connectivity index is 0.00000533. The number of sulfonamides is 1. The second kappa shape index (κ2) is 14.2. The first-order chi connectivity index (χ1) is 17.9. The van der Waals surface area contributed by atoms with E-state index in [0.29, 0.717) is 18.8 Å². The summed E-state index contributed by atoms with van der Waals surface area (Å²) >= 11 is 0. The van der Waals surface area contributed by atoms with Crippen molar-refractivity contribution in [1.82, 2.24) is 15.6 Å². The molecule has 9 nitrogen and oxygen atoms in total. The quantitative estimate of drug-likeness (QED) is 0.317. The van der Waals surface area contributed by atoms with E-state index >= 15 is 0 Å². The van der Waals surface area contributed by atoms with Crippen LogP contribution >= 0.6 is 12.4 Å². The molecule has 2 heterocycles. The van der Waals surface area contributed by atoms with Crippen LogP contribution in [-0.4, -0.2) is 68.5 Å². The second-order valence-electron chi connectivity index (χ2n) is 9.89. The number of pyridine rings is 1. The number of halogens is 3. The molecule has 0 aliphatic carbocycles. The van der Waals surface area contributed by atoms with Gasteiger partial charge in [-0.15, -0.1) is 12.4 Å². The molecule has 1 fully saturated rings. The first-order valence-corrected chi connectivity index (χ1v) is 14.6. The van der Waals surface area contributed by atoms with E-state index < -0.39 is 39.7 Å². The molecular formula is C26H38ClF2N5O4S. The van der Waals surface area contributed by atoms with E-state index in [1.54, 1.807) is 0 Å². The van der Waals surface area contributed by atoms with E-state index in [2.05, 4.69) is 20.9 Å². The van der Waals surface area contributed by atoms with Gasteiger partial charge in [-0.2, -0.15) is 0 Å². The van der Waals surface area contributed by atoms with Crippen molar-refractivity contribution in [3.8, 4) is 0 Å². The molecule has 39 heavy (non-hydrogen) atoms. The maximum Gasteiger partial charge on any atom is 0.251 e. The molecular weight excluding hydrogens is 552 g/mol. The molecule has 4 N–H and O–H groups in total. The Kier molecular flexibility index (Phi) is 11.9. The zero-order chi connectivity index (χ0) is 28.0. The highest BCUT2D eigenvalue weighted by molar-refractivity contribution is 7.92. The molecule has 0 radical (unpaired) electrons. The summed E-state index contributed by atoms with van der Waals surface area (Å²) in [6.07, 6.45) is 3.30. The van der Waals surface area contributed by atoms with E-state index in [4.69, 9.17) is 0 Å². The van der Waals surface area contributed by atoms with Crippen LogP contribution < -0.4 is 20.3 Å². The number of nitrogens with zero attached hydrogens (tertiary/aromatic N) is 2. The maximum atomic E-state index is 13.9. The van der Waals surface area contributed by atoms with Gasteiger partial charge in [0.15, 0.2) is 0 Å². The van der Waals surface area contributed by atoms with Crippen LogP contribution in [0.25, 0.3) is 0 Å². The van der Waals surface area contributed by atoms with Crippen LogP contribution in [-0.2, 0) is 16.4 Å². The van der Waals surface area contributed by atoms with Gasteiger partial charge < -0.3 is 21.1 Å². The molecule has 1 amide bonds. The molecule has 0 unspecified atom stereocenters. The zero-order valence-electron chi connectivity index (χ0n) is 22.6. The normalized spacial score (nSPS) is 17.9. The predicted octanol–water partition coefficient (Wildman–Crippen LogP) is 3.23. The molecule has 0 bridgehead atoms. The number of amides is 1. The molecule has 1 aliphatic rings. The zero-order valence-corrected chi connectivity index (χ0v) is 24.2. The third kappa shape index (κ3) is 9.26. The number of rotatable bonds is 11. The molecule has 1 saturated heterocycles. The van der Waals surface area contributed by atoms with Crippen LogP contribution in [0, 0.1) is 11.6 Å². The average molecular weight is 590 g/mol. The summed E-state index contributed by atoms with van der Waals surface area (Å²) in [5, 5.41) is 20.4. The number of benzene rings is 1. The third-order valence-electron chi connectivity index (χ3n) is 6.77. The molecule has 0 saturated carbocycles. The van der Waals surface area contributed by atoms with Gasteiger partial charge in [-0.05, 0) is 69.0 Å². The van der Waals surface area contributed by atoms with Crippen LogP contribution in [0.15, 0.2) is 30.3 Å². The summed E-state index contributed by atoms with van der Waals surface area (Å²) < 4.78 is 53.1. The highest BCUT2D eigenvalue weighted by Crippen LogP contribution is 2.22. The van der Waals surface area contributed by atoms with Gasteiger partial charge in [-0.1, -0.05) is 13.3 Å². The summed E-state index contributed by atoms with van der Waals surface area (Å²) in [5.74, 6) is -1.73. The minimum Gasteiger partial charge on any atom is -0.389 e. The molecule has 1 aromatic carbocycles. The van der Waals surface area contributed by atoms with Gasteiger partial charge in [0.25, 0.3) is 5.91 Å². The van der Waals surface area contributed by atoms with Crippen molar-refractivity contribution in [3.63, 3.8) is 0 Å². The van der Waals surface area contributed by atoms with Gasteiger partial charge in [0.1, 0.15) is 23.3 Å². The third-order valence-corrected chi connectivity index (χ3v) is 7.95. The Bertz CT molecular complexity index is 1210. The number of aliphatic hydroxyl groups excluding tert-OH is 1. The van der Waals surface area contributed by atoms with Gasteiger partial charge in [-0.25, -0.2) is 22.2 Å². The number of carbonyl (C=O) groups excluding carboxylic acids is 1. The van der Waals surface area contributed by atoms with Gasteiger partial charge in [-0.3, -0.25) is 9.10 Å². The fraction of sp³-hybridized carbons (Fsp3) is 0.538. The Morgan fingerprint density at radius 3 is 2.44 bits per heavy atom. The van der Waals surface area contributed by atoms with Crippen molar-refractivity contribution in [2.75, 3.05) is 29.5 Å². The van der Waals surface area contributed by atoms with Crippen molar-refractivity contribution in [2.24, 2.45) is 0 Å². The van der Waals surface area contributed by atoms with E-state index in [1.807, 2.05) is 13.8 Å². The minimum absolute atomic E-state index is 0. The first-order valence-electron chi connectivity index (χ1n) is 12.8. The van der Waals surface area contributed by atoms with Crippen molar-refractivity contribution >= 4 is 40.0 Å². The molecule has 13 heteroatoms. The van der Waals surface area contributed by atoms with Crippen molar-refractivity contribution in [2.45, 2.75) is 70.2 Å². The number of aliphatic hydroxyl groups is 1. The fourth-order valence-electron chi connectivity index (χ4n) is 4.35. The van der Waals surface area contributed by atoms with Crippen molar-refractivity contribution in [3.05, 3.63) is 53.1 Å². The standard InChI is InChI=1S/C26H37F2N5O4S.ClH/c1-5-16(2)30-23-13-18(14-24(32-23)33(3)38(4,36)37)26(35)31-22(25(34)21-8-6-7-9-29-21)12-17-10-19(27)15-20(28)11-17;/h10-11,13-16,21-22,25,29,34H,5-9,12H2,1-4H3,(H,30,32)(H,31,35);1H/t16-,21+,22-,25+;/m0./s1. The highest BCUT2D eigenvalue weighted by Gasteiger charge is 2.31. The molecule has 218 valence electrons. The lowest BCUT2D eigenvalue weighted by molar-refractivity contribution is 0.0646. The first kappa shape index (κ1) is 32.7. The predicted molar refractivity (Wildman–Crippen MR) is 151 cm³/mol. The number of piperidine rings is 1. The number of nitrogens with one attached hydrogen (secondary N) is 3. The number of anilines is 2. The fourth-order valence-corrected chi connectivity index (χ4v) is 4.78.